The normalized spacial score (nSPS) is 12.1. The fraction of sp³-hybridized carbons (Fsp3) is 0.200. The summed E-state index contributed by atoms with van der Waals surface area (Å²) in [5.74, 6) is -0.0288. The Hall–Kier alpha value is -1.77. The highest BCUT2D eigenvalue weighted by molar-refractivity contribution is 9.10. The summed E-state index contributed by atoms with van der Waals surface area (Å²) in [5.41, 5.74) is 3.44. The molecule has 0 radical (unpaired) electrons. The van der Waals surface area contributed by atoms with Crippen LogP contribution in [0, 0.1) is 6.92 Å². The van der Waals surface area contributed by atoms with Crippen molar-refractivity contribution in [3.63, 3.8) is 0 Å². The number of hydrogen-bond acceptors (Lipinski definition) is 5. The molecule has 3 rings (SSSR count). The van der Waals surface area contributed by atoms with Crippen LogP contribution in [0.15, 0.2) is 28.7 Å². The Morgan fingerprint density at radius 1 is 1.17 bits per heavy atom. The molecular weight excluding hydrogens is 382 g/mol. The topological polar surface area (TPSA) is 92.2 Å². The molecule has 0 bridgehead atoms. The molecule has 2 N–H and O–H groups in total. The van der Waals surface area contributed by atoms with Crippen molar-refractivity contribution in [3.05, 3.63) is 39.9 Å². The van der Waals surface area contributed by atoms with Crippen molar-refractivity contribution < 1.29 is 13.5 Å². The van der Waals surface area contributed by atoms with Crippen LogP contribution in [0.3, 0.4) is 0 Å². The molecule has 2 aromatic carbocycles. The van der Waals surface area contributed by atoms with Gasteiger partial charge in [0, 0.05) is 4.47 Å². The van der Waals surface area contributed by atoms with Crippen molar-refractivity contribution in [2.24, 2.45) is 0 Å². The van der Waals surface area contributed by atoms with E-state index in [4.69, 9.17) is 0 Å². The Balaban J connectivity index is 2.22. The average Bonchev–Trinajstić information content (AvgIpc) is 2.51. The zero-order valence-corrected chi connectivity index (χ0v) is 14.9. The average molecular weight is 396 g/mol. The van der Waals surface area contributed by atoms with E-state index < -0.39 is 10.0 Å². The van der Waals surface area contributed by atoms with Crippen LogP contribution >= 0.6 is 15.9 Å². The number of fused-ring (bicyclic) bond motifs is 2. The molecular formula is C15H14BrN3O3S. The molecule has 6 nitrogen and oxygen atoms in total. The van der Waals surface area contributed by atoms with Gasteiger partial charge in [0.1, 0.15) is 16.8 Å². The van der Waals surface area contributed by atoms with E-state index >= 15 is 0 Å². The third-order valence-corrected chi connectivity index (χ3v) is 5.50. The van der Waals surface area contributed by atoms with Crippen LogP contribution in [-0.2, 0) is 15.8 Å². The molecule has 3 aromatic rings. The monoisotopic (exact) mass is 395 g/mol. The lowest BCUT2D eigenvalue weighted by atomic mass is 10.1. The Labute approximate surface area is 141 Å². The van der Waals surface area contributed by atoms with Crippen LogP contribution in [0.25, 0.3) is 22.1 Å². The summed E-state index contributed by atoms with van der Waals surface area (Å²) >= 11 is 3.43. The van der Waals surface area contributed by atoms with Gasteiger partial charge in [0.25, 0.3) is 0 Å². The van der Waals surface area contributed by atoms with Crippen LogP contribution in [0.2, 0.25) is 0 Å². The fourth-order valence-electron chi connectivity index (χ4n) is 2.33. The minimum Gasteiger partial charge on any atom is -0.505 e. The highest BCUT2D eigenvalue weighted by atomic mass is 79.9. The van der Waals surface area contributed by atoms with Gasteiger partial charge in [0.15, 0.2) is 0 Å². The number of phenolic OH excluding ortho intramolecular Hbond substituents is 1. The van der Waals surface area contributed by atoms with E-state index in [0.717, 1.165) is 4.47 Å². The molecule has 0 saturated heterocycles. The van der Waals surface area contributed by atoms with Gasteiger partial charge >= 0.3 is 0 Å². The van der Waals surface area contributed by atoms with E-state index in [1.54, 1.807) is 31.2 Å². The minimum absolute atomic E-state index is 0.0967. The highest BCUT2D eigenvalue weighted by Gasteiger charge is 2.14. The summed E-state index contributed by atoms with van der Waals surface area (Å²) < 4.78 is 26.3. The molecule has 23 heavy (non-hydrogen) atoms. The van der Waals surface area contributed by atoms with Crippen molar-refractivity contribution in [2.75, 3.05) is 7.05 Å². The smallest absolute Gasteiger partial charge is 0.215 e. The van der Waals surface area contributed by atoms with Crippen molar-refractivity contribution in [3.8, 4) is 5.75 Å². The Morgan fingerprint density at radius 2 is 1.87 bits per heavy atom. The van der Waals surface area contributed by atoms with Gasteiger partial charge in [-0.05, 0) is 59.2 Å². The Bertz CT molecular complexity index is 1040. The van der Waals surface area contributed by atoms with Crippen molar-refractivity contribution in [2.45, 2.75) is 12.7 Å². The molecule has 0 aliphatic rings. The third kappa shape index (κ3) is 3.01. The molecule has 0 atom stereocenters. The van der Waals surface area contributed by atoms with Gasteiger partial charge in [-0.25, -0.2) is 23.1 Å². The summed E-state index contributed by atoms with van der Waals surface area (Å²) in [5, 5.41) is 10.2. The molecule has 1 aromatic heterocycles. The van der Waals surface area contributed by atoms with Gasteiger partial charge in [-0.3, -0.25) is 0 Å². The fourth-order valence-corrected chi connectivity index (χ4v) is 3.71. The quantitative estimate of drug-likeness (QED) is 0.664. The maximum Gasteiger partial charge on any atom is 0.215 e. The number of sulfonamides is 1. The van der Waals surface area contributed by atoms with E-state index in [9.17, 15) is 13.5 Å². The van der Waals surface area contributed by atoms with Crippen molar-refractivity contribution in [1.29, 1.82) is 0 Å². The first-order valence-corrected chi connectivity index (χ1v) is 9.25. The summed E-state index contributed by atoms with van der Waals surface area (Å²) in [6.07, 6.45) is 0. The summed E-state index contributed by atoms with van der Waals surface area (Å²) in [6.45, 7) is 1.79. The predicted octanol–water partition coefficient (Wildman–Crippen LogP) is 2.61. The van der Waals surface area contributed by atoms with Crippen LogP contribution in [0.1, 0.15) is 11.1 Å². The predicted molar refractivity (Wildman–Crippen MR) is 92.8 cm³/mol. The van der Waals surface area contributed by atoms with Crippen LogP contribution in [0.5, 0.6) is 5.75 Å². The second-order valence-electron chi connectivity index (χ2n) is 5.23. The maximum atomic E-state index is 11.7. The number of rotatable bonds is 3. The maximum absolute atomic E-state index is 11.7. The lowest BCUT2D eigenvalue weighted by Crippen LogP contribution is -2.20. The van der Waals surface area contributed by atoms with Crippen molar-refractivity contribution in [1.82, 2.24) is 14.7 Å². The number of aromatic nitrogens is 2. The molecule has 0 aliphatic carbocycles. The second kappa shape index (κ2) is 5.70. The molecule has 0 fully saturated rings. The largest absolute Gasteiger partial charge is 0.505 e. The Morgan fingerprint density at radius 3 is 2.57 bits per heavy atom. The summed E-state index contributed by atoms with van der Waals surface area (Å²) in [6, 6.07) is 6.87. The lowest BCUT2D eigenvalue weighted by Gasteiger charge is -2.08. The van der Waals surface area contributed by atoms with E-state index in [1.165, 1.54) is 7.05 Å². The molecule has 120 valence electrons. The zero-order chi connectivity index (χ0) is 16.8. The van der Waals surface area contributed by atoms with Gasteiger partial charge in [-0.2, -0.15) is 0 Å². The Kier molecular flexibility index (Phi) is 3.99. The number of phenols is 1. The number of nitrogens with zero attached hydrogens (tertiary/aromatic N) is 2. The van der Waals surface area contributed by atoms with Gasteiger partial charge in [-0.15, -0.1) is 0 Å². The second-order valence-corrected chi connectivity index (χ2v) is 8.01. The summed E-state index contributed by atoms with van der Waals surface area (Å²) in [4.78, 5) is 8.96. The van der Waals surface area contributed by atoms with Crippen LogP contribution in [-0.4, -0.2) is 30.5 Å². The molecule has 0 amide bonds. The number of nitrogens with one attached hydrogen (secondary N) is 1. The molecule has 0 spiro atoms. The summed E-state index contributed by atoms with van der Waals surface area (Å²) in [7, 11) is -1.97. The number of benzene rings is 2. The van der Waals surface area contributed by atoms with Crippen LogP contribution in [0.4, 0.5) is 0 Å². The zero-order valence-electron chi connectivity index (χ0n) is 12.5. The highest BCUT2D eigenvalue weighted by Crippen LogP contribution is 2.33. The molecule has 0 unspecified atom stereocenters. The molecule has 0 saturated carbocycles. The molecule has 8 heteroatoms. The van der Waals surface area contributed by atoms with E-state index in [2.05, 4.69) is 30.6 Å². The first-order valence-electron chi connectivity index (χ1n) is 6.80. The van der Waals surface area contributed by atoms with Gasteiger partial charge < -0.3 is 5.11 Å². The van der Waals surface area contributed by atoms with Gasteiger partial charge in [0.05, 0.1) is 16.8 Å². The molecule has 1 heterocycles. The SMILES string of the molecule is CNS(=O)(=O)Cc1ccc2nc3c(O)c(C)cc(Br)c3nc2c1. The molecule has 0 aliphatic heterocycles. The van der Waals surface area contributed by atoms with E-state index in [-0.39, 0.29) is 11.5 Å². The third-order valence-electron chi connectivity index (χ3n) is 3.56. The number of aromatic hydroxyl groups is 1. The standard InChI is InChI=1S/C15H14BrN3O3S/c1-8-5-10(16)13-14(15(8)20)18-11-4-3-9(6-12(11)19-13)7-23(21,22)17-2/h3-6,17,20H,7H2,1-2H3. The van der Waals surface area contributed by atoms with Crippen molar-refractivity contribution >= 4 is 48.0 Å². The van der Waals surface area contributed by atoms with Gasteiger partial charge in [0.2, 0.25) is 10.0 Å². The first kappa shape index (κ1) is 16.1. The number of aryl methyl sites for hydroxylation is 1. The number of halogens is 1. The lowest BCUT2D eigenvalue weighted by molar-refractivity contribution is 0.476. The van der Waals surface area contributed by atoms with Gasteiger partial charge in [-0.1, -0.05) is 6.07 Å². The van der Waals surface area contributed by atoms with Crippen LogP contribution < -0.4 is 4.72 Å². The van der Waals surface area contributed by atoms with E-state index in [0.29, 0.717) is 33.2 Å². The van der Waals surface area contributed by atoms with E-state index in [1.807, 2.05) is 0 Å². The first-order chi connectivity index (χ1) is 10.8. The minimum atomic E-state index is -3.35. The number of hydrogen-bond donors (Lipinski definition) is 2.